The van der Waals surface area contributed by atoms with Crippen molar-refractivity contribution < 1.29 is 9.53 Å². The van der Waals surface area contributed by atoms with Gasteiger partial charge < -0.3 is 21.2 Å². The lowest BCUT2D eigenvalue weighted by Crippen LogP contribution is -2.15. The molecule has 1 heterocycles. The molecule has 8 heteroatoms. The quantitative estimate of drug-likeness (QED) is 0.135. The maximum Gasteiger partial charge on any atom is 0.343 e. The molecule has 0 radical (unpaired) electrons. The second kappa shape index (κ2) is 8.80. The summed E-state index contributed by atoms with van der Waals surface area (Å²) in [4.78, 5) is 28.0. The fourth-order valence-corrected chi connectivity index (χ4v) is 3.47. The number of nitrogens with one attached hydrogen (secondary N) is 3. The Hall–Kier alpha value is -4.72. The average molecular weight is 439 g/mol. The zero-order chi connectivity index (χ0) is 23.5. The number of aromatic nitrogens is 1. The molecule has 33 heavy (non-hydrogen) atoms. The van der Waals surface area contributed by atoms with Gasteiger partial charge in [-0.1, -0.05) is 30.3 Å². The third kappa shape index (κ3) is 4.80. The molecule has 0 atom stereocenters. The molecule has 0 aliphatic heterocycles. The molecular formula is C25H21N5O3. The molecule has 0 aliphatic carbocycles. The number of hydrogen-bond acceptors (Lipinski definition) is 5. The number of benzene rings is 3. The molecular weight excluding hydrogens is 418 g/mol. The molecule has 7 N–H and O–H groups in total. The standard InChI is InChI=1S/C25H21N5O3/c26-22(27)15-4-1-3-14(9-15)10-19-12-18-13-20(7-8-21(18)30-24(19)31)33-25(32)17-6-2-5-16(11-17)23(28)29/h1-9,11-13H,10H2,(H3,26,27)(H3,28,29)(H,30,31). The summed E-state index contributed by atoms with van der Waals surface area (Å²) in [5.41, 5.74) is 14.1. The van der Waals surface area contributed by atoms with E-state index in [1.165, 1.54) is 6.07 Å². The van der Waals surface area contributed by atoms with Crippen LogP contribution in [-0.4, -0.2) is 22.6 Å². The number of nitrogen functional groups attached to an aromatic ring is 2. The first kappa shape index (κ1) is 21.5. The first-order valence-electron chi connectivity index (χ1n) is 10.1. The van der Waals surface area contributed by atoms with Gasteiger partial charge in [0, 0.05) is 34.0 Å². The summed E-state index contributed by atoms with van der Waals surface area (Å²) < 4.78 is 5.49. The second-order valence-electron chi connectivity index (χ2n) is 7.55. The minimum atomic E-state index is -0.580. The van der Waals surface area contributed by atoms with E-state index >= 15 is 0 Å². The van der Waals surface area contributed by atoms with Gasteiger partial charge in [-0.05, 0) is 48.0 Å². The number of fused-ring (bicyclic) bond motifs is 1. The van der Waals surface area contributed by atoms with Crippen LogP contribution in [0.25, 0.3) is 10.9 Å². The molecule has 3 aromatic carbocycles. The van der Waals surface area contributed by atoms with E-state index in [0.717, 1.165) is 5.56 Å². The number of ether oxygens (including phenoxy) is 1. The van der Waals surface area contributed by atoms with E-state index in [0.29, 0.717) is 39.8 Å². The molecule has 4 aromatic rings. The smallest absolute Gasteiger partial charge is 0.343 e. The first-order valence-corrected chi connectivity index (χ1v) is 10.1. The highest BCUT2D eigenvalue weighted by molar-refractivity contribution is 5.99. The van der Waals surface area contributed by atoms with Crippen LogP contribution in [0.3, 0.4) is 0 Å². The molecule has 0 unspecified atom stereocenters. The van der Waals surface area contributed by atoms with Gasteiger partial charge in [-0.3, -0.25) is 15.6 Å². The highest BCUT2D eigenvalue weighted by atomic mass is 16.5. The monoisotopic (exact) mass is 439 g/mol. The van der Waals surface area contributed by atoms with E-state index in [4.69, 9.17) is 27.0 Å². The van der Waals surface area contributed by atoms with Gasteiger partial charge in [0.25, 0.3) is 5.56 Å². The van der Waals surface area contributed by atoms with Crippen LogP contribution in [0.2, 0.25) is 0 Å². The number of aromatic amines is 1. The van der Waals surface area contributed by atoms with Crippen LogP contribution in [-0.2, 0) is 6.42 Å². The Balaban J connectivity index is 1.61. The summed E-state index contributed by atoms with van der Waals surface area (Å²) in [6.07, 6.45) is 0.355. The Morgan fingerprint density at radius 1 is 0.848 bits per heavy atom. The van der Waals surface area contributed by atoms with Crippen molar-refractivity contribution in [2.24, 2.45) is 11.5 Å². The summed E-state index contributed by atoms with van der Waals surface area (Å²) in [5, 5.41) is 15.8. The molecule has 1 aromatic heterocycles. The SMILES string of the molecule is N=C(N)c1cccc(Cc2cc3cc(OC(=O)c4cccc(C(=N)N)c4)ccc3[nH]c2=O)c1. The minimum Gasteiger partial charge on any atom is -0.423 e. The summed E-state index contributed by atoms with van der Waals surface area (Å²) >= 11 is 0. The van der Waals surface area contributed by atoms with Gasteiger partial charge in [-0.15, -0.1) is 0 Å². The number of carbonyl (C=O) groups excluding carboxylic acids is 1. The summed E-state index contributed by atoms with van der Waals surface area (Å²) in [6.45, 7) is 0. The Labute approximate surface area is 188 Å². The second-order valence-corrected chi connectivity index (χ2v) is 7.55. The molecule has 0 amide bonds. The van der Waals surface area contributed by atoms with Crippen LogP contribution in [0.1, 0.15) is 32.6 Å². The van der Waals surface area contributed by atoms with Gasteiger partial charge in [0.05, 0.1) is 5.56 Å². The van der Waals surface area contributed by atoms with Crippen molar-refractivity contribution in [3.8, 4) is 5.75 Å². The third-order valence-electron chi connectivity index (χ3n) is 5.15. The van der Waals surface area contributed by atoms with Crippen LogP contribution in [0.15, 0.2) is 77.6 Å². The van der Waals surface area contributed by atoms with E-state index in [1.54, 1.807) is 60.7 Å². The normalized spacial score (nSPS) is 10.7. The number of nitrogens with two attached hydrogens (primary N) is 2. The van der Waals surface area contributed by atoms with Crippen LogP contribution >= 0.6 is 0 Å². The van der Waals surface area contributed by atoms with E-state index in [1.807, 2.05) is 6.07 Å². The predicted molar refractivity (Wildman–Crippen MR) is 127 cm³/mol. The van der Waals surface area contributed by atoms with Crippen molar-refractivity contribution in [3.05, 3.63) is 111 Å². The van der Waals surface area contributed by atoms with Gasteiger partial charge in [0.2, 0.25) is 0 Å². The summed E-state index contributed by atoms with van der Waals surface area (Å²) in [6, 6.07) is 20.2. The number of amidine groups is 2. The number of carbonyl (C=O) groups is 1. The maximum atomic E-state index is 12.6. The van der Waals surface area contributed by atoms with E-state index in [-0.39, 0.29) is 22.8 Å². The molecule has 0 fully saturated rings. The van der Waals surface area contributed by atoms with Crippen LogP contribution in [0.4, 0.5) is 0 Å². The van der Waals surface area contributed by atoms with Crippen LogP contribution < -0.4 is 21.8 Å². The Kier molecular flexibility index (Phi) is 5.73. The Bertz CT molecular complexity index is 1470. The first-order chi connectivity index (χ1) is 15.8. The molecule has 164 valence electrons. The van der Waals surface area contributed by atoms with Crippen molar-refractivity contribution >= 4 is 28.5 Å². The van der Waals surface area contributed by atoms with Crippen molar-refractivity contribution in [1.29, 1.82) is 10.8 Å². The molecule has 0 aliphatic rings. The number of H-pyrrole nitrogens is 1. The summed E-state index contributed by atoms with van der Waals surface area (Å²) in [7, 11) is 0. The van der Waals surface area contributed by atoms with Gasteiger partial charge >= 0.3 is 5.97 Å². The largest absolute Gasteiger partial charge is 0.423 e. The highest BCUT2D eigenvalue weighted by Gasteiger charge is 2.12. The van der Waals surface area contributed by atoms with Crippen LogP contribution in [0, 0.1) is 10.8 Å². The molecule has 0 bridgehead atoms. The van der Waals surface area contributed by atoms with Gasteiger partial charge in [-0.2, -0.15) is 0 Å². The lowest BCUT2D eigenvalue weighted by Gasteiger charge is -2.08. The zero-order valence-corrected chi connectivity index (χ0v) is 17.5. The minimum absolute atomic E-state index is 0.0374. The van der Waals surface area contributed by atoms with E-state index in [2.05, 4.69) is 4.98 Å². The average Bonchev–Trinajstić information content (AvgIpc) is 2.80. The number of pyridine rings is 1. The van der Waals surface area contributed by atoms with Crippen molar-refractivity contribution in [2.45, 2.75) is 6.42 Å². The number of esters is 1. The lowest BCUT2D eigenvalue weighted by molar-refractivity contribution is 0.0735. The van der Waals surface area contributed by atoms with Crippen molar-refractivity contribution in [2.75, 3.05) is 0 Å². The summed E-state index contributed by atoms with van der Waals surface area (Å²) in [5.74, 6) is -0.439. The fourth-order valence-electron chi connectivity index (χ4n) is 3.47. The topological polar surface area (TPSA) is 159 Å². The van der Waals surface area contributed by atoms with Gasteiger partial charge in [-0.25, -0.2) is 4.79 Å². The van der Waals surface area contributed by atoms with Crippen LogP contribution in [0.5, 0.6) is 5.75 Å². The third-order valence-corrected chi connectivity index (χ3v) is 5.15. The van der Waals surface area contributed by atoms with E-state index < -0.39 is 5.97 Å². The number of rotatable bonds is 6. The predicted octanol–water partition coefficient (Wildman–Crippen LogP) is 2.91. The molecule has 4 rings (SSSR count). The zero-order valence-electron chi connectivity index (χ0n) is 17.5. The Morgan fingerprint density at radius 3 is 2.24 bits per heavy atom. The van der Waals surface area contributed by atoms with Gasteiger partial charge in [0.1, 0.15) is 17.4 Å². The Morgan fingerprint density at radius 2 is 1.52 bits per heavy atom. The number of hydrogen-bond donors (Lipinski definition) is 5. The fraction of sp³-hybridized carbons (Fsp3) is 0.0400. The lowest BCUT2D eigenvalue weighted by atomic mass is 10.0. The molecule has 0 saturated heterocycles. The molecule has 0 saturated carbocycles. The maximum absolute atomic E-state index is 12.6. The van der Waals surface area contributed by atoms with Crippen molar-refractivity contribution in [1.82, 2.24) is 4.98 Å². The van der Waals surface area contributed by atoms with Gasteiger partial charge in [0.15, 0.2) is 0 Å². The van der Waals surface area contributed by atoms with Crippen molar-refractivity contribution in [3.63, 3.8) is 0 Å². The molecule has 8 nitrogen and oxygen atoms in total. The van der Waals surface area contributed by atoms with E-state index in [9.17, 15) is 9.59 Å². The molecule has 0 spiro atoms. The highest BCUT2D eigenvalue weighted by Crippen LogP contribution is 2.21.